The molecule has 2 unspecified atom stereocenters. The van der Waals surface area contributed by atoms with Gasteiger partial charge in [-0.05, 0) is 37.3 Å². The van der Waals surface area contributed by atoms with E-state index in [0.29, 0.717) is 12.0 Å². The molecule has 0 spiro atoms. The largest absolute Gasteiger partial charge is 0.271 e. The third-order valence-corrected chi connectivity index (χ3v) is 3.08. The average molecular weight is 221 g/mol. The zero-order chi connectivity index (χ0) is 11.8. The molecule has 1 aromatic heterocycles. The summed E-state index contributed by atoms with van der Waals surface area (Å²) in [5, 5.41) is 0. The van der Waals surface area contributed by atoms with Gasteiger partial charge in [0.2, 0.25) is 0 Å². The molecule has 3 N–H and O–H groups in total. The molecule has 1 aromatic rings. The van der Waals surface area contributed by atoms with Crippen LogP contribution in [0.15, 0.2) is 24.4 Å². The van der Waals surface area contributed by atoms with Crippen LogP contribution in [0.3, 0.4) is 0 Å². The lowest BCUT2D eigenvalue weighted by molar-refractivity contribution is 0.340. The van der Waals surface area contributed by atoms with Crippen molar-refractivity contribution in [2.75, 3.05) is 0 Å². The van der Waals surface area contributed by atoms with Crippen molar-refractivity contribution >= 4 is 0 Å². The van der Waals surface area contributed by atoms with E-state index >= 15 is 0 Å². The number of nitrogens with two attached hydrogens (primary N) is 1. The van der Waals surface area contributed by atoms with Gasteiger partial charge in [0.1, 0.15) is 0 Å². The van der Waals surface area contributed by atoms with Crippen LogP contribution in [0, 0.1) is 5.92 Å². The first kappa shape index (κ1) is 13.1. The van der Waals surface area contributed by atoms with Crippen molar-refractivity contribution in [1.29, 1.82) is 0 Å². The molecule has 3 heteroatoms. The van der Waals surface area contributed by atoms with Crippen LogP contribution < -0.4 is 11.3 Å². The van der Waals surface area contributed by atoms with Gasteiger partial charge in [-0.1, -0.05) is 26.3 Å². The number of hydrogen-bond donors (Lipinski definition) is 2. The lowest BCUT2D eigenvalue weighted by atomic mass is 9.93. The van der Waals surface area contributed by atoms with Crippen LogP contribution in [0.2, 0.25) is 0 Å². The number of rotatable bonds is 7. The number of nitrogens with zero attached hydrogens (tertiary/aromatic N) is 1. The number of aryl methyl sites for hydroxylation is 1. The van der Waals surface area contributed by atoms with Crippen molar-refractivity contribution in [1.82, 2.24) is 10.4 Å². The predicted molar refractivity (Wildman–Crippen MR) is 67.7 cm³/mol. The van der Waals surface area contributed by atoms with Crippen LogP contribution in [-0.2, 0) is 6.42 Å². The number of pyridine rings is 1. The van der Waals surface area contributed by atoms with E-state index < -0.39 is 0 Å². The molecule has 0 aliphatic carbocycles. The van der Waals surface area contributed by atoms with Crippen molar-refractivity contribution in [2.45, 2.75) is 45.6 Å². The van der Waals surface area contributed by atoms with Crippen molar-refractivity contribution in [2.24, 2.45) is 11.8 Å². The molecule has 1 heterocycles. The van der Waals surface area contributed by atoms with E-state index in [4.69, 9.17) is 5.84 Å². The van der Waals surface area contributed by atoms with Crippen molar-refractivity contribution < 1.29 is 0 Å². The molecule has 0 radical (unpaired) electrons. The Kier molecular flexibility index (Phi) is 6.04. The van der Waals surface area contributed by atoms with E-state index in [1.165, 1.54) is 12.8 Å². The van der Waals surface area contributed by atoms with Gasteiger partial charge in [0.15, 0.2) is 0 Å². The van der Waals surface area contributed by atoms with Crippen LogP contribution in [0.25, 0.3) is 0 Å². The summed E-state index contributed by atoms with van der Waals surface area (Å²) >= 11 is 0. The molecule has 16 heavy (non-hydrogen) atoms. The molecular weight excluding hydrogens is 198 g/mol. The molecule has 0 bridgehead atoms. The van der Waals surface area contributed by atoms with Gasteiger partial charge in [-0.3, -0.25) is 16.3 Å². The maximum Gasteiger partial charge on any atom is 0.0404 e. The Labute approximate surface area is 98.4 Å². The standard InChI is InChI=1S/C13H23N3/c1-3-6-11(2)13(16-14)9-8-12-7-4-5-10-15-12/h4-5,7,10-11,13,16H,3,6,8-9,14H2,1-2H3. The van der Waals surface area contributed by atoms with E-state index in [2.05, 4.69) is 30.3 Å². The third-order valence-electron chi connectivity index (χ3n) is 3.08. The SMILES string of the molecule is CCCC(C)C(CCc1ccccn1)NN. The Bertz CT molecular complexity index is 274. The number of hydrazine groups is 1. The smallest absolute Gasteiger partial charge is 0.0404 e. The summed E-state index contributed by atoms with van der Waals surface area (Å²) in [6.45, 7) is 4.47. The molecule has 0 saturated carbocycles. The Balaban J connectivity index is 2.39. The summed E-state index contributed by atoms with van der Waals surface area (Å²) < 4.78 is 0. The van der Waals surface area contributed by atoms with Gasteiger partial charge in [-0.2, -0.15) is 0 Å². The lowest BCUT2D eigenvalue weighted by Gasteiger charge is -2.22. The van der Waals surface area contributed by atoms with E-state index in [1.54, 1.807) is 0 Å². The normalized spacial score (nSPS) is 14.7. The molecule has 0 aliphatic heterocycles. The summed E-state index contributed by atoms with van der Waals surface area (Å²) in [6, 6.07) is 6.43. The summed E-state index contributed by atoms with van der Waals surface area (Å²) in [4.78, 5) is 4.32. The highest BCUT2D eigenvalue weighted by Gasteiger charge is 2.14. The lowest BCUT2D eigenvalue weighted by Crippen LogP contribution is -2.40. The Morgan fingerprint density at radius 3 is 2.75 bits per heavy atom. The maximum atomic E-state index is 5.60. The monoisotopic (exact) mass is 221 g/mol. The Hall–Kier alpha value is -0.930. The number of nitrogens with one attached hydrogen (secondary N) is 1. The summed E-state index contributed by atoms with van der Waals surface area (Å²) in [7, 11) is 0. The number of aromatic nitrogens is 1. The second-order valence-electron chi connectivity index (χ2n) is 4.40. The van der Waals surface area contributed by atoms with Gasteiger partial charge in [0.25, 0.3) is 0 Å². The molecule has 0 aliphatic rings. The maximum absolute atomic E-state index is 5.60. The van der Waals surface area contributed by atoms with Gasteiger partial charge in [0.05, 0.1) is 0 Å². The minimum atomic E-state index is 0.391. The summed E-state index contributed by atoms with van der Waals surface area (Å²) in [5.41, 5.74) is 4.07. The molecule has 0 fully saturated rings. The van der Waals surface area contributed by atoms with Gasteiger partial charge in [-0.25, -0.2) is 0 Å². The first-order chi connectivity index (χ1) is 7.77. The van der Waals surface area contributed by atoms with Crippen molar-refractivity contribution in [3.63, 3.8) is 0 Å². The second-order valence-corrected chi connectivity index (χ2v) is 4.40. The highest BCUT2D eigenvalue weighted by atomic mass is 15.2. The van der Waals surface area contributed by atoms with Crippen LogP contribution in [0.5, 0.6) is 0 Å². The highest BCUT2D eigenvalue weighted by Crippen LogP contribution is 2.14. The fraction of sp³-hybridized carbons (Fsp3) is 0.615. The molecule has 2 atom stereocenters. The zero-order valence-electron chi connectivity index (χ0n) is 10.3. The topological polar surface area (TPSA) is 50.9 Å². The van der Waals surface area contributed by atoms with Gasteiger partial charge in [-0.15, -0.1) is 0 Å². The van der Waals surface area contributed by atoms with E-state index in [0.717, 1.165) is 18.5 Å². The van der Waals surface area contributed by atoms with E-state index in [1.807, 2.05) is 18.3 Å². The molecule has 1 rings (SSSR count). The summed E-state index contributed by atoms with van der Waals surface area (Å²) in [5.74, 6) is 6.22. The molecule has 90 valence electrons. The zero-order valence-corrected chi connectivity index (χ0v) is 10.3. The molecule has 0 amide bonds. The number of hydrogen-bond acceptors (Lipinski definition) is 3. The fourth-order valence-corrected chi connectivity index (χ4v) is 2.04. The van der Waals surface area contributed by atoms with Gasteiger partial charge < -0.3 is 0 Å². The van der Waals surface area contributed by atoms with E-state index in [-0.39, 0.29) is 0 Å². The van der Waals surface area contributed by atoms with Gasteiger partial charge >= 0.3 is 0 Å². The van der Waals surface area contributed by atoms with Crippen LogP contribution in [-0.4, -0.2) is 11.0 Å². The first-order valence-corrected chi connectivity index (χ1v) is 6.14. The van der Waals surface area contributed by atoms with Crippen molar-refractivity contribution in [3.8, 4) is 0 Å². The highest BCUT2D eigenvalue weighted by molar-refractivity contribution is 5.03. The molecule has 0 aromatic carbocycles. The molecule has 0 saturated heterocycles. The quantitative estimate of drug-likeness (QED) is 0.548. The average Bonchev–Trinajstić information content (AvgIpc) is 2.31. The van der Waals surface area contributed by atoms with Crippen LogP contribution >= 0.6 is 0 Å². The van der Waals surface area contributed by atoms with Crippen LogP contribution in [0.1, 0.15) is 38.8 Å². The Morgan fingerprint density at radius 2 is 2.19 bits per heavy atom. The fourth-order valence-electron chi connectivity index (χ4n) is 2.04. The molecular formula is C13H23N3. The van der Waals surface area contributed by atoms with E-state index in [9.17, 15) is 0 Å². The predicted octanol–water partition coefficient (Wildman–Crippen LogP) is 2.28. The second kappa shape index (κ2) is 7.36. The minimum Gasteiger partial charge on any atom is -0.271 e. The van der Waals surface area contributed by atoms with Gasteiger partial charge in [0, 0.05) is 17.9 Å². The first-order valence-electron chi connectivity index (χ1n) is 6.14. The Morgan fingerprint density at radius 1 is 1.38 bits per heavy atom. The van der Waals surface area contributed by atoms with Crippen LogP contribution in [0.4, 0.5) is 0 Å². The summed E-state index contributed by atoms with van der Waals surface area (Å²) in [6.07, 6.45) is 6.31. The third kappa shape index (κ3) is 4.29. The van der Waals surface area contributed by atoms with Crippen molar-refractivity contribution in [3.05, 3.63) is 30.1 Å². The molecule has 3 nitrogen and oxygen atoms in total. The minimum absolute atomic E-state index is 0.391.